The normalized spacial score (nSPS) is 11.0. The predicted octanol–water partition coefficient (Wildman–Crippen LogP) is 2.04. The van der Waals surface area contributed by atoms with Gasteiger partial charge in [0.2, 0.25) is 0 Å². The molecule has 0 atom stereocenters. The van der Waals surface area contributed by atoms with Crippen molar-refractivity contribution in [3.05, 3.63) is 59.1 Å². The summed E-state index contributed by atoms with van der Waals surface area (Å²) in [4.78, 5) is 13.5. The monoisotopic (exact) mass is 354 g/mol. The van der Waals surface area contributed by atoms with Crippen LogP contribution in [0.4, 0.5) is 0 Å². The van der Waals surface area contributed by atoms with Gasteiger partial charge in [0.05, 0.1) is 5.02 Å². The van der Waals surface area contributed by atoms with Crippen molar-refractivity contribution in [1.82, 2.24) is 10.3 Å². The van der Waals surface area contributed by atoms with Crippen LogP contribution in [-0.2, 0) is 14.8 Å². The van der Waals surface area contributed by atoms with Gasteiger partial charge in [0, 0.05) is 0 Å². The number of carbonyl (C=O) groups is 1. The number of carbonyl (C=O) groups excluding carboxylic acids is 1. The summed E-state index contributed by atoms with van der Waals surface area (Å²) in [6, 6.07) is 13.0. The van der Waals surface area contributed by atoms with Crippen LogP contribution in [0.3, 0.4) is 0 Å². The van der Waals surface area contributed by atoms with Gasteiger partial charge in [0.15, 0.2) is 6.61 Å². The van der Waals surface area contributed by atoms with Crippen LogP contribution < -0.4 is 15.0 Å². The maximum absolute atomic E-state index is 12.0. The van der Waals surface area contributed by atoms with E-state index in [1.54, 1.807) is 18.2 Å². The van der Waals surface area contributed by atoms with Gasteiger partial charge in [-0.3, -0.25) is 10.2 Å². The number of aryl methyl sites for hydroxylation is 1. The van der Waals surface area contributed by atoms with Crippen molar-refractivity contribution in [2.75, 3.05) is 6.61 Å². The van der Waals surface area contributed by atoms with Crippen LogP contribution in [-0.4, -0.2) is 20.9 Å². The molecule has 8 heteroatoms. The number of hydrogen-bond donors (Lipinski definition) is 2. The van der Waals surface area contributed by atoms with Crippen molar-refractivity contribution >= 4 is 27.5 Å². The molecule has 2 rings (SSSR count). The fourth-order valence-corrected chi connectivity index (χ4v) is 3.04. The Morgan fingerprint density at radius 1 is 1.13 bits per heavy atom. The lowest BCUT2D eigenvalue weighted by atomic mass is 10.2. The SMILES string of the molecule is Cc1ccc(OCC(=O)NNS(=O)(=O)c2ccccc2Cl)cc1. The Morgan fingerprint density at radius 2 is 1.78 bits per heavy atom. The minimum atomic E-state index is -3.94. The Kier molecular flexibility index (Phi) is 5.59. The highest BCUT2D eigenvalue weighted by Gasteiger charge is 2.18. The van der Waals surface area contributed by atoms with Crippen LogP contribution in [0, 0.1) is 6.92 Å². The molecule has 2 aromatic carbocycles. The maximum atomic E-state index is 12.0. The number of hydrogen-bond acceptors (Lipinski definition) is 4. The molecule has 0 spiro atoms. The number of ether oxygens (including phenoxy) is 1. The average molecular weight is 355 g/mol. The predicted molar refractivity (Wildman–Crippen MR) is 86.6 cm³/mol. The maximum Gasteiger partial charge on any atom is 0.272 e. The highest BCUT2D eigenvalue weighted by Crippen LogP contribution is 2.19. The number of benzene rings is 2. The number of amides is 1. The van der Waals surface area contributed by atoms with Crippen molar-refractivity contribution in [3.8, 4) is 5.75 Å². The van der Waals surface area contributed by atoms with Gasteiger partial charge in [0.25, 0.3) is 15.9 Å². The van der Waals surface area contributed by atoms with Crippen LogP contribution in [0.2, 0.25) is 5.02 Å². The van der Waals surface area contributed by atoms with Crippen molar-refractivity contribution < 1.29 is 17.9 Å². The third-order valence-corrected chi connectivity index (χ3v) is 4.59. The summed E-state index contributed by atoms with van der Waals surface area (Å²) >= 11 is 5.82. The summed E-state index contributed by atoms with van der Waals surface area (Å²) in [6.45, 7) is 1.61. The fraction of sp³-hybridized carbons (Fsp3) is 0.133. The van der Waals surface area contributed by atoms with E-state index >= 15 is 0 Å². The first kappa shape index (κ1) is 17.3. The van der Waals surface area contributed by atoms with E-state index in [-0.39, 0.29) is 16.5 Å². The summed E-state index contributed by atoms with van der Waals surface area (Å²) in [7, 11) is -3.94. The Labute approximate surface area is 139 Å². The van der Waals surface area contributed by atoms with Crippen LogP contribution in [0.5, 0.6) is 5.75 Å². The van der Waals surface area contributed by atoms with E-state index in [9.17, 15) is 13.2 Å². The lowest BCUT2D eigenvalue weighted by Crippen LogP contribution is -2.43. The standard InChI is InChI=1S/C15H15ClN2O4S/c1-11-6-8-12(9-7-11)22-10-15(19)17-18-23(20,21)14-5-3-2-4-13(14)16/h2-9,18H,10H2,1H3,(H,17,19). The Balaban J connectivity index is 1.89. The lowest BCUT2D eigenvalue weighted by molar-refractivity contribution is -0.123. The molecule has 0 bridgehead atoms. The van der Waals surface area contributed by atoms with Crippen LogP contribution in [0.15, 0.2) is 53.4 Å². The first-order chi connectivity index (χ1) is 10.9. The number of sulfonamides is 1. The zero-order chi connectivity index (χ0) is 16.9. The van der Waals surface area contributed by atoms with Gasteiger partial charge >= 0.3 is 0 Å². The van der Waals surface area contributed by atoms with Crippen LogP contribution in [0.25, 0.3) is 0 Å². The van der Waals surface area contributed by atoms with Crippen LogP contribution >= 0.6 is 11.6 Å². The Bertz CT molecular complexity index is 791. The van der Waals surface area contributed by atoms with Crippen molar-refractivity contribution in [2.24, 2.45) is 0 Å². The molecule has 23 heavy (non-hydrogen) atoms. The van der Waals surface area contributed by atoms with Crippen molar-refractivity contribution in [1.29, 1.82) is 0 Å². The van der Waals surface area contributed by atoms with Gasteiger partial charge in [-0.15, -0.1) is 4.83 Å². The second kappa shape index (κ2) is 7.45. The summed E-state index contributed by atoms with van der Waals surface area (Å²) in [5, 5.41) is 0.0603. The molecule has 0 unspecified atom stereocenters. The first-order valence-electron chi connectivity index (χ1n) is 6.63. The third kappa shape index (κ3) is 4.95. The van der Waals surface area contributed by atoms with E-state index < -0.39 is 15.9 Å². The van der Waals surface area contributed by atoms with Gasteiger partial charge < -0.3 is 4.74 Å². The Morgan fingerprint density at radius 3 is 2.43 bits per heavy atom. The molecule has 0 aliphatic rings. The minimum Gasteiger partial charge on any atom is -0.484 e. The van der Waals surface area contributed by atoms with Gasteiger partial charge in [0.1, 0.15) is 10.6 Å². The average Bonchev–Trinajstić information content (AvgIpc) is 2.53. The van der Waals surface area contributed by atoms with E-state index in [0.717, 1.165) is 5.56 Å². The lowest BCUT2D eigenvalue weighted by Gasteiger charge is -2.10. The summed E-state index contributed by atoms with van der Waals surface area (Å²) in [6.07, 6.45) is 0. The van der Waals surface area contributed by atoms with E-state index in [0.29, 0.717) is 5.75 Å². The highest BCUT2D eigenvalue weighted by molar-refractivity contribution is 7.89. The molecule has 0 radical (unpaired) electrons. The second-order valence-electron chi connectivity index (χ2n) is 4.69. The topological polar surface area (TPSA) is 84.5 Å². The van der Waals surface area contributed by atoms with Gasteiger partial charge in [-0.25, -0.2) is 8.42 Å². The number of hydrazine groups is 1. The minimum absolute atomic E-state index is 0.0603. The quantitative estimate of drug-likeness (QED) is 0.777. The molecule has 0 heterocycles. The van der Waals surface area contributed by atoms with E-state index in [4.69, 9.17) is 16.3 Å². The van der Waals surface area contributed by atoms with E-state index in [1.165, 1.54) is 18.2 Å². The van der Waals surface area contributed by atoms with E-state index in [1.807, 2.05) is 23.9 Å². The van der Waals surface area contributed by atoms with Crippen LogP contribution in [0.1, 0.15) is 5.56 Å². The third-order valence-electron chi connectivity index (χ3n) is 2.84. The summed E-state index contributed by atoms with van der Waals surface area (Å²) in [5.74, 6) is -0.124. The molecule has 2 N–H and O–H groups in total. The van der Waals surface area contributed by atoms with E-state index in [2.05, 4.69) is 5.43 Å². The molecule has 0 fully saturated rings. The molecule has 122 valence electrons. The molecule has 2 aromatic rings. The molecular formula is C15H15ClN2O4S. The van der Waals surface area contributed by atoms with Crippen molar-refractivity contribution in [2.45, 2.75) is 11.8 Å². The zero-order valence-electron chi connectivity index (χ0n) is 12.2. The van der Waals surface area contributed by atoms with Gasteiger partial charge in [-0.2, -0.15) is 0 Å². The molecule has 0 aromatic heterocycles. The molecular weight excluding hydrogens is 340 g/mol. The van der Waals surface area contributed by atoms with Crippen molar-refractivity contribution in [3.63, 3.8) is 0 Å². The smallest absolute Gasteiger partial charge is 0.272 e. The number of rotatable bonds is 6. The molecule has 0 saturated carbocycles. The molecule has 0 aliphatic carbocycles. The first-order valence-corrected chi connectivity index (χ1v) is 8.49. The molecule has 1 amide bonds. The van der Waals surface area contributed by atoms with Gasteiger partial charge in [-0.1, -0.05) is 41.4 Å². The van der Waals surface area contributed by atoms with Gasteiger partial charge in [-0.05, 0) is 31.2 Å². The summed E-state index contributed by atoms with van der Waals surface area (Å²) in [5.41, 5.74) is 3.13. The highest BCUT2D eigenvalue weighted by atomic mass is 35.5. The second-order valence-corrected chi connectivity index (χ2v) is 6.74. The molecule has 0 saturated heterocycles. The largest absolute Gasteiger partial charge is 0.484 e. The number of nitrogens with one attached hydrogen (secondary N) is 2. The number of halogens is 1. The molecule has 6 nitrogen and oxygen atoms in total. The summed E-state index contributed by atoms with van der Waals surface area (Å²) < 4.78 is 29.3. The molecule has 0 aliphatic heterocycles. The Hall–Kier alpha value is -2.09. The fourth-order valence-electron chi connectivity index (χ4n) is 1.66. The zero-order valence-corrected chi connectivity index (χ0v) is 13.8.